The van der Waals surface area contributed by atoms with Crippen molar-refractivity contribution in [2.75, 3.05) is 36.4 Å². The van der Waals surface area contributed by atoms with Crippen LogP contribution in [0.3, 0.4) is 0 Å². The number of urea groups is 1. The van der Waals surface area contributed by atoms with Crippen LogP contribution in [0.2, 0.25) is 0 Å². The largest absolute Gasteiger partial charge is 0.366 e. The van der Waals surface area contributed by atoms with E-state index in [2.05, 4.69) is 5.32 Å². The summed E-state index contributed by atoms with van der Waals surface area (Å²) in [7, 11) is 0. The molecule has 0 aliphatic carbocycles. The molecule has 25 heavy (non-hydrogen) atoms. The van der Waals surface area contributed by atoms with Gasteiger partial charge in [0.05, 0.1) is 5.69 Å². The SMILES string of the molecule is CC(=O)c1cccc(NC(=O)N2CCN(c3ccccc3F)CC2)c1. The minimum absolute atomic E-state index is 0.0467. The van der Waals surface area contributed by atoms with E-state index in [0.29, 0.717) is 43.1 Å². The molecule has 1 heterocycles. The van der Waals surface area contributed by atoms with Crippen molar-refractivity contribution in [3.05, 3.63) is 59.9 Å². The predicted molar refractivity (Wildman–Crippen MR) is 95.7 cm³/mol. The van der Waals surface area contributed by atoms with E-state index < -0.39 is 0 Å². The lowest BCUT2D eigenvalue weighted by Crippen LogP contribution is -2.50. The van der Waals surface area contributed by atoms with E-state index in [1.807, 2.05) is 4.90 Å². The van der Waals surface area contributed by atoms with Crippen LogP contribution in [0.15, 0.2) is 48.5 Å². The molecule has 1 saturated heterocycles. The molecule has 5 nitrogen and oxygen atoms in total. The minimum atomic E-state index is -0.249. The van der Waals surface area contributed by atoms with E-state index in [4.69, 9.17) is 0 Å². The number of benzene rings is 2. The molecule has 0 bridgehead atoms. The van der Waals surface area contributed by atoms with Crippen molar-refractivity contribution in [2.24, 2.45) is 0 Å². The number of amides is 2. The number of nitrogens with zero attached hydrogens (tertiary/aromatic N) is 2. The van der Waals surface area contributed by atoms with Crippen LogP contribution < -0.4 is 10.2 Å². The van der Waals surface area contributed by atoms with Crippen LogP contribution in [0.5, 0.6) is 0 Å². The Hall–Kier alpha value is -2.89. The number of para-hydroxylation sites is 1. The highest BCUT2D eigenvalue weighted by Crippen LogP contribution is 2.20. The lowest BCUT2D eigenvalue weighted by atomic mass is 10.1. The number of nitrogens with one attached hydrogen (secondary N) is 1. The summed E-state index contributed by atoms with van der Waals surface area (Å²) < 4.78 is 13.9. The maximum atomic E-state index is 13.9. The molecule has 0 unspecified atom stereocenters. The molecule has 0 saturated carbocycles. The van der Waals surface area contributed by atoms with Crippen molar-refractivity contribution in [3.63, 3.8) is 0 Å². The fourth-order valence-electron chi connectivity index (χ4n) is 2.88. The zero-order chi connectivity index (χ0) is 17.8. The molecule has 2 aromatic rings. The number of carbonyl (C=O) groups excluding carboxylic acids is 2. The average Bonchev–Trinajstić information content (AvgIpc) is 2.62. The van der Waals surface area contributed by atoms with Gasteiger partial charge in [0.1, 0.15) is 5.82 Å². The summed E-state index contributed by atoms with van der Waals surface area (Å²) in [4.78, 5) is 27.5. The van der Waals surface area contributed by atoms with Crippen LogP contribution in [0, 0.1) is 5.82 Å². The molecule has 130 valence electrons. The normalized spacial score (nSPS) is 14.3. The molecule has 1 aliphatic rings. The van der Waals surface area contributed by atoms with Gasteiger partial charge in [-0.25, -0.2) is 9.18 Å². The molecule has 0 radical (unpaired) electrons. The number of carbonyl (C=O) groups is 2. The maximum absolute atomic E-state index is 13.9. The third kappa shape index (κ3) is 3.96. The summed E-state index contributed by atoms with van der Waals surface area (Å²) in [5.74, 6) is -0.295. The molecule has 1 fully saturated rings. The van der Waals surface area contributed by atoms with Crippen LogP contribution in [0.1, 0.15) is 17.3 Å². The molecule has 3 rings (SSSR count). The van der Waals surface area contributed by atoms with Gasteiger partial charge in [-0.15, -0.1) is 0 Å². The van der Waals surface area contributed by atoms with Gasteiger partial charge in [-0.05, 0) is 31.2 Å². The molecule has 1 N–H and O–H groups in total. The zero-order valence-electron chi connectivity index (χ0n) is 14.0. The van der Waals surface area contributed by atoms with E-state index in [-0.39, 0.29) is 17.6 Å². The summed E-state index contributed by atoms with van der Waals surface area (Å²) >= 11 is 0. The van der Waals surface area contributed by atoms with Gasteiger partial charge in [-0.1, -0.05) is 24.3 Å². The highest BCUT2D eigenvalue weighted by atomic mass is 19.1. The highest BCUT2D eigenvalue weighted by Gasteiger charge is 2.22. The summed E-state index contributed by atoms with van der Waals surface area (Å²) in [6.45, 7) is 3.64. The maximum Gasteiger partial charge on any atom is 0.321 e. The van der Waals surface area contributed by atoms with Crippen LogP contribution in [-0.2, 0) is 0 Å². The third-order valence-corrected chi connectivity index (χ3v) is 4.28. The Kier molecular flexibility index (Phi) is 4.97. The summed E-state index contributed by atoms with van der Waals surface area (Å²) in [5.41, 5.74) is 1.72. The van der Waals surface area contributed by atoms with Crippen LogP contribution >= 0.6 is 0 Å². The van der Waals surface area contributed by atoms with E-state index in [9.17, 15) is 14.0 Å². The van der Waals surface area contributed by atoms with Crippen molar-refractivity contribution < 1.29 is 14.0 Å². The monoisotopic (exact) mass is 341 g/mol. The summed E-state index contributed by atoms with van der Waals surface area (Å²) in [6, 6.07) is 13.3. The van der Waals surface area contributed by atoms with Crippen molar-refractivity contribution >= 4 is 23.2 Å². The molecule has 2 amide bonds. The number of Topliss-reactive ketones (excluding diaryl/α,β-unsaturated/α-hetero) is 1. The Bertz CT molecular complexity index is 786. The quantitative estimate of drug-likeness (QED) is 0.871. The zero-order valence-corrected chi connectivity index (χ0v) is 14.0. The Morgan fingerprint density at radius 3 is 2.40 bits per heavy atom. The van der Waals surface area contributed by atoms with Gasteiger partial charge in [-0.3, -0.25) is 4.79 Å². The van der Waals surface area contributed by atoms with Gasteiger partial charge in [0.15, 0.2) is 5.78 Å². The molecule has 0 spiro atoms. The van der Waals surface area contributed by atoms with Crippen LogP contribution in [-0.4, -0.2) is 42.9 Å². The fraction of sp³-hybridized carbons (Fsp3) is 0.263. The minimum Gasteiger partial charge on any atom is -0.366 e. The molecular formula is C19H20FN3O2. The first-order chi connectivity index (χ1) is 12.0. The molecule has 6 heteroatoms. The van der Waals surface area contributed by atoms with Gasteiger partial charge < -0.3 is 15.1 Å². The number of rotatable bonds is 3. The first-order valence-corrected chi connectivity index (χ1v) is 8.21. The number of hydrogen-bond acceptors (Lipinski definition) is 3. The molecule has 0 aromatic heterocycles. The van der Waals surface area contributed by atoms with Crippen LogP contribution in [0.4, 0.5) is 20.6 Å². The number of anilines is 2. The first-order valence-electron chi connectivity index (χ1n) is 8.21. The lowest BCUT2D eigenvalue weighted by molar-refractivity contribution is 0.101. The second-order valence-corrected chi connectivity index (χ2v) is 5.99. The Balaban J connectivity index is 1.59. The van der Waals surface area contributed by atoms with Gasteiger partial charge in [0, 0.05) is 37.4 Å². The van der Waals surface area contributed by atoms with Crippen molar-refractivity contribution in [3.8, 4) is 0 Å². The number of halogens is 1. The average molecular weight is 341 g/mol. The second kappa shape index (κ2) is 7.34. The number of hydrogen-bond donors (Lipinski definition) is 1. The summed E-state index contributed by atoms with van der Waals surface area (Å²) in [5, 5.41) is 2.82. The molecule has 1 aliphatic heterocycles. The van der Waals surface area contributed by atoms with Gasteiger partial charge in [-0.2, -0.15) is 0 Å². The van der Waals surface area contributed by atoms with E-state index in [1.54, 1.807) is 47.4 Å². The number of piperazine rings is 1. The summed E-state index contributed by atoms with van der Waals surface area (Å²) in [6.07, 6.45) is 0. The van der Waals surface area contributed by atoms with Gasteiger partial charge in [0.25, 0.3) is 0 Å². The Morgan fingerprint density at radius 1 is 1.00 bits per heavy atom. The smallest absolute Gasteiger partial charge is 0.321 e. The standard InChI is InChI=1S/C19H20FN3O2/c1-14(24)15-5-4-6-16(13-15)21-19(25)23-11-9-22(10-12-23)18-8-3-2-7-17(18)20/h2-8,13H,9-12H2,1H3,(H,21,25). The van der Waals surface area contributed by atoms with Crippen LogP contribution in [0.25, 0.3) is 0 Å². The molecular weight excluding hydrogens is 321 g/mol. The lowest BCUT2D eigenvalue weighted by Gasteiger charge is -2.36. The van der Waals surface area contributed by atoms with Crippen molar-refractivity contribution in [1.82, 2.24) is 4.90 Å². The fourth-order valence-corrected chi connectivity index (χ4v) is 2.88. The van der Waals surface area contributed by atoms with E-state index >= 15 is 0 Å². The van der Waals surface area contributed by atoms with Gasteiger partial charge >= 0.3 is 6.03 Å². The Labute approximate surface area is 146 Å². The number of ketones is 1. The highest BCUT2D eigenvalue weighted by molar-refractivity contribution is 5.96. The third-order valence-electron chi connectivity index (χ3n) is 4.28. The van der Waals surface area contributed by atoms with E-state index in [0.717, 1.165) is 0 Å². The first kappa shape index (κ1) is 17.0. The Morgan fingerprint density at radius 2 is 1.72 bits per heavy atom. The van der Waals surface area contributed by atoms with Gasteiger partial charge in [0.2, 0.25) is 0 Å². The second-order valence-electron chi connectivity index (χ2n) is 5.99. The molecule has 2 aromatic carbocycles. The van der Waals surface area contributed by atoms with Crippen molar-refractivity contribution in [2.45, 2.75) is 6.92 Å². The molecule has 0 atom stereocenters. The topological polar surface area (TPSA) is 52.7 Å². The van der Waals surface area contributed by atoms with Crippen molar-refractivity contribution in [1.29, 1.82) is 0 Å². The predicted octanol–water partition coefficient (Wildman–Crippen LogP) is 3.38. The van der Waals surface area contributed by atoms with E-state index in [1.165, 1.54) is 13.0 Å².